The molecule has 0 radical (unpaired) electrons. The first-order valence-corrected chi connectivity index (χ1v) is 49.2. The van der Waals surface area contributed by atoms with E-state index in [1.165, 1.54) is 49.2 Å². The Morgan fingerprint density at radius 2 is 0.716 bits per heavy atom. The van der Waals surface area contributed by atoms with Crippen LogP contribution in [-0.2, 0) is 125 Å². The molecule has 1 aliphatic heterocycles. The summed E-state index contributed by atoms with van der Waals surface area (Å²) in [5, 5.41) is 105. The summed E-state index contributed by atoms with van der Waals surface area (Å²) in [6.45, 7) is 22.3. The lowest BCUT2D eigenvalue weighted by molar-refractivity contribution is -0.157. The minimum Gasteiger partial charge on any atom is -0.481 e. The summed E-state index contributed by atoms with van der Waals surface area (Å²) < 4.78 is 5.83. The number of aliphatic hydroxyl groups excluding tert-OH is 1. The molecule has 836 valence electrons. The van der Waals surface area contributed by atoms with Crippen molar-refractivity contribution in [2.45, 2.75) is 329 Å². The summed E-state index contributed by atoms with van der Waals surface area (Å²) in [6.07, 6.45) is -9.43. The van der Waals surface area contributed by atoms with Crippen LogP contribution in [0.4, 0.5) is 0 Å². The summed E-state index contributed by atoms with van der Waals surface area (Å²) in [5.74, 6) is -35.1. The maximum atomic E-state index is 15.7. The Hall–Kier alpha value is -13.6. The van der Waals surface area contributed by atoms with Crippen molar-refractivity contribution in [3.8, 4) is 0 Å². The van der Waals surface area contributed by atoms with Crippen molar-refractivity contribution in [2.75, 3.05) is 75.6 Å². The lowest BCUT2D eigenvalue weighted by Gasteiger charge is -2.41. The van der Waals surface area contributed by atoms with Crippen LogP contribution in [0.3, 0.4) is 0 Å². The molecular weight excluding hydrogens is 1950 g/mol. The Morgan fingerprint density at radius 3 is 1.07 bits per heavy atom. The molecule has 0 aliphatic carbocycles. The summed E-state index contributed by atoms with van der Waals surface area (Å²) in [6, 6.07) is -28.1. The number of nitrogens with one attached hydrogen (secondary N) is 11. The van der Waals surface area contributed by atoms with Crippen molar-refractivity contribution < 1.29 is 165 Å². The predicted molar refractivity (Wildman–Crippen MR) is 527 cm³/mol. The van der Waals surface area contributed by atoms with E-state index in [1.807, 2.05) is 5.32 Å². The normalized spacial score (nSPS) is 21.3. The van der Waals surface area contributed by atoms with Crippen molar-refractivity contribution in [1.29, 1.82) is 0 Å². The maximum absolute atomic E-state index is 15.7. The molecule has 1 saturated heterocycles. The lowest BCUT2D eigenvalue weighted by Crippen LogP contribution is -2.63. The van der Waals surface area contributed by atoms with Gasteiger partial charge in [0, 0.05) is 87.9 Å². The van der Waals surface area contributed by atoms with E-state index in [0.717, 1.165) is 41.3 Å². The second-order valence-electron chi connectivity index (χ2n) is 39.6. The highest BCUT2D eigenvalue weighted by atomic mass is 16.5. The van der Waals surface area contributed by atoms with E-state index >= 15 is 28.8 Å². The van der Waals surface area contributed by atoms with Gasteiger partial charge in [-0.15, -0.1) is 0 Å². The van der Waals surface area contributed by atoms with E-state index in [2.05, 4.69) is 53.2 Å². The SMILES string of the molecule is C/C=C\C[C@@H](C)[C@@H](O)C1C(=O)N[C@@H](CC)C(=O)N(C)CC(=O)N(C)[C@@H](CC(C)C)C(=O)N[C@@H](C(C)C)C(=O)N(C)[C@@H](CC(C)C)C(=O)N[C@@H](C)C(=O)N[C@H](COCC(=O)NC(CCC(=O)O)C(=O)NC(CCC(=O)O)C(=O)NC(CCC(=O)O)C(=O)NC(CCC(=O)O)C(=O)NC(CCC(=O)O)C(=O)NC(CCC(=O)O)C(=O)NCC(=O)O)C(=O)N(C)[C@@H](CC(C)C)C(=O)N(C)[C@@H](CC(C)C)C(=O)N(C)[C@@H](C(C)C)C(=O)N1C. The van der Waals surface area contributed by atoms with Crippen LogP contribution in [0.1, 0.15) is 226 Å². The zero-order valence-electron chi connectivity index (χ0n) is 88.9. The third kappa shape index (κ3) is 45.0. The van der Waals surface area contributed by atoms with Crippen LogP contribution >= 0.6 is 0 Å². The number of hydrogen-bond acceptors (Lipinski definition) is 27. The highest BCUT2D eigenvalue weighted by Gasteiger charge is 2.48. The molecule has 19 N–H and O–H groups in total. The number of carboxylic acid groups (broad SMARTS) is 7. The first kappa shape index (κ1) is 132. The molecule has 7 unspecified atom stereocenters. The van der Waals surface area contributed by atoms with Crippen molar-refractivity contribution in [3.63, 3.8) is 0 Å². The Bertz CT molecular complexity index is 4660. The molecule has 0 aromatic rings. The molecule has 0 spiro atoms. The Morgan fingerprint density at radius 1 is 0.378 bits per heavy atom. The van der Waals surface area contributed by atoms with Crippen LogP contribution < -0.4 is 58.5 Å². The number of ether oxygens (including phenoxy) is 1. The van der Waals surface area contributed by atoms with Gasteiger partial charge in [0.1, 0.15) is 110 Å². The molecule has 1 fully saturated rings. The van der Waals surface area contributed by atoms with Crippen molar-refractivity contribution in [3.05, 3.63) is 12.2 Å². The number of carbonyl (C=O) groups excluding carboxylic acids is 18. The summed E-state index contributed by atoms with van der Waals surface area (Å²) >= 11 is 0. The van der Waals surface area contributed by atoms with Crippen LogP contribution in [0.2, 0.25) is 0 Å². The Labute approximate surface area is 861 Å². The number of aliphatic hydroxyl groups is 1. The molecule has 18 amide bonds. The van der Waals surface area contributed by atoms with E-state index < -0.39 is 384 Å². The molecule has 52 heteroatoms. The molecule has 1 aliphatic rings. The van der Waals surface area contributed by atoms with Gasteiger partial charge in [0.15, 0.2) is 0 Å². The van der Waals surface area contributed by atoms with Gasteiger partial charge in [0.2, 0.25) is 106 Å². The quantitative estimate of drug-likeness (QED) is 0.0281. The van der Waals surface area contributed by atoms with Gasteiger partial charge in [-0.1, -0.05) is 109 Å². The second kappa shape index (κ2) is 64.5. The molecule has 0 aromatic heterocycles. The van der Waals surface area contributed by atoms with Crippen LogP contribution in [0, 0.1) is 41.4 Å². The lowest BCUT2D eigenvalue weighted by atomic mass is 9.91. The van der Waals surface area contributed by atoms with E-state index in [0.29, 0.717) is 0 Å². The fourth-order valence-corrected chi connectivity index (χ4v) is 16.1. The highest BCUT2D eigenvalue weighted by molar-refractivity contribution is 6.02. The van der Waals surface area contributed by atoms with Crippen molar-refractivity contribution in [1.82, 2.24) is 92.8 Å². The molecule has 1 heterocycles. The van der Waals surface area contributed by atoms with E-state index in [1.54, 1.807) is 116 Å². The minimum absolute atomic E-state index is 0.00962. The number of carbonyl (C=O) groups is 25. The molecule has 1 rings (SSSR count). The molecule has 148 heavy (non-hydrogen) atoms. The van der Waals surface area contributed by atoms with Crippen LogP contribution in [0.15, 0.2) is 12.2 Å². The Kier molecular flexibility index (Phi) is 57.7. The monoisotopic (exact) mass is 2110 g/mol. The number of rotatable bonds is 51. The fraction of sp³-hybridized carbons (Fsp3) is 0.719. The summed E-state index contributed by atoms with van der Waals surface area (Å²) in [7, 11) is 8.86. The Balaban J connectivity index is 4.53. The first-order chi connectivity index (χ1) is 68.7. The predicted octanol–water partition coefficient (Wildman–Crippen LogP) is -2.44. The van der Waals surface area contributed by atoms with Gasteiger partial charge in [-0.05, 0) is 132 Å². The zero-order chi connectivity index (χ0) is 114. The average molecular weight is 2110 g/mol. The van der Waals surface area contributed by atoms with Crippen molar-refractivity contribution >= 4 is 148 Å². The van der Waals surface area contributed by atoms with Gasteiger partial charge in [0.05, 0.1) is 19.3 Å². The summed E-state index contributed by atoms with van der Waals surface area (Å²) in [4.78, 5) is 355. The van der Waals surface area contributed by atoms with E-state index in [4.69, 9.17) is 9.84 Å². The van der Waals surface area contributed by atoms with Gasteiger partial charge >= 0.3 is 41.8 Å². The molecule has 18 atom stereocenters. The third-order valence-electron chi connectivity index (χ3n) is 24.6. The van der Waals surface area contributed by atoms with Gasteiger partial charge in [0.25, 0.3) is 0 Å². The number of likely N-dealkylation sites (N-methyl/N-ethyl adjacent to an activating group) is 7. The average Bonchev–Trinajstić information content (AvgIpc) is 0.820. The standard InChI is InChI=1S/C96H158N18O34/c1-24-26-27-54(15)80(131)79-90(141)100-56(25-2)91(142)108(17)45-69(116)109(18)64(40-48(3)4)89(140)107-77(52(11)12)95(146)110(19)65(41-49(5)6)88(139)98-55(16)81(132)106-63(92(143)111(20)66(42-50(7)8)93(144)112(21)67(43-51(9)10)94(145)113(22)78(53(13)14)96(147)114(79)23)46-148-47-68(115)99-58(29-35-71(119)120)83(134)102-60(31-37-73(123)124)85(136)104-62(33-39-75(127)128)87(138)105-61(32-38-74(125)126)86(137)103-59(30-36-72(121)122)84(135)101-57(28-34-70(117)118)82(133)97-44-76(129)130/h24,26,48-67,77-80,131H,25,27-47H2,1-23H3,(H,97,133)(H,98,139)(H,99,115)(H,100,141)(H,101,135)(H,102,134)(H,103,137)(H,104,136)(H,105,138)(H,106,132)(H,107,140)(H,117,118)(H,119,120)(H,121,122)(H,123,124)(H,125,126)(H,127,128)(H,129,130)/b26-24-/t54-,55+,56+,57?,58?,59?,60?,61?,62?,63-,64+,65+,66+,67+,77+,78+,79?,80-/m1/s1. The number of carboxylic acids is 7. The van der Waals surface area contributed by atoms with Crippen LogP contribution in [0.5, 0.6) is 0 Å². The van der Waals surface area contributed by atoms with Crippen LogP contribution in [-0.4, -0.2) is 402 Å². The van der Waals surface area contributed by atoms with Gasteiger partial charge < -0.3 is 138 Å². The van der Waals surface area contributed by atoms with E-state index in [9.17, 15) is 127 Å². The third-order valence-corrected chi connectivity index (χ3v) is 24.6. The first-order valence-electron chi connectivity index (χ1n) is 49.2. The highest BCUT2D eigenvalue weighted by Crippen LogP contribution is 2.27. The van der Waals surface area contributed by atoms with Gasteiger partial charge in [-0.2, -0.15) is 0 Å². The molecule has 52 nitrogen and oxygen atoms in total. The molecule has 0 saturated carbocycles. The number of aliphatic carboxylic acids is 7. The maximum Gasteiger partial charge on any atom is 0.322 e. The largest absolute Gasteiger partial charge is 0.481 e. The second-order valence-corrected chi connectivity index (χ2v) is 39.6. The van der Waals surface area contributed by atoms with Gasteiger partial charge in [-0.25, -0.2) is 0 Å². The van der Waals surface area contributed by atoms with Crippen molar-refractivity contribution in [2.24, 2.45) is 41.4 Å². The number of hydrogen-bond donors (Lipinski definition) is 19. The summed E-state index contributed by atoms with van der Waals surface area (Å²) in [5.41, 5.74) is 0. The fourth-order valence-electron chi connectivity index (χ4n) is 16.1. The van der Waals surface area contributed by atoms with Crippen LogP contribution in [0.25, 0.3) is 0 Å². The minimum atomic E-state index is -2.17. The van der Waals surface area contributed by atoms with E-state index in [-0.39, 0.29) is 50.4 Å². The molecule has 0 aromatic carbocycles. The topological polar surface area (TPSA) is 753 Å². The number of amides is 18. The molecule has 0 bridgehead atoms. The smallest absolute Gasteiger partial charge is 0.322 e. The zero-order valence-corrected chi connectivity index (χ0v) is 88.9. The molecular formula is C96H158N18O34. The number of allylic oxidation sites excluding steroid dienone is 2. The van der Waals surface area contributed by atoms with Gasteiger partial charge in [-0.3, -0.25) is 120 Å². The number of nitrogens with zero attached hydrogens (tertiary/aromatic N) is 7.